The predicted molar refractivity (Wildman–Crippen MR) is 67.6 cm³/mol. The fraction of sp³-hybridized carbons (Fsp3) is 1.00. The summed E-state index contributed by atoms with van der Waals surface area (Å²) in [5, 5.41) is 6.83. The van der Waals surface area contributed by atoms with E-state index in [1.807, 2.05) is 0 Å². The summed E-state index contributed by atoms with van der Waals surface area (Å²) in [6, 6.07) is 0.673. The van der Waals surface area contributed by atoms with Gasteiger partial charge >= 0.3 is 0 Å². The Kier molecular flexibility index (Phi) is 6.43. The number of hydrogen-bond donors (Lipinski definition) is 0. The molecule has 0 aromatic rings. The molecule has 0 aromatic heterocycles. The molecule has 1 rings (SSSR count). The molecule has 1 heterocycles. The smallest absolute Gasteiger partial charge is 0.147 e. The summed E-state index contributed by atoms with van der Waals surface area (Å²) in [5.41, 5.74) is 0. The predicted octanol–water partition coefficient (Wildman–Crippen LogP) is 3.45. The molecule has 3 nitrogen and oxygen atoms in total. The Morgan fingerprint density at radius 3 is 2.50 bits per heavy atom. The van der Waals surface area contributed by atoms with E-state index in [-0.39, 0.29) is 0 Å². The monoisotopic (exact) mass is 226 g/mol. The molecule has 0 amide bonds. The Hall–Kier alpha value is -0.600. The summed E-state index contributed by atoms with van der Waals surface area (Å²) >= 11 is 0. The maximum atomic E-state index is 4.54. The molecule has 3 heteroatoms. The first-order valence-electron chi connectivity index (χ1n) is 6.97. The van der Waals surface area contributed by atoms with Crippen molar-refractivity contribution in [3.63, 3.8) is 0 Å². The minimum atomic E-state index is 0.673. The van der Waals surface area contributed by atoms with Gasteiger partial charge in [0.2, 0.25) is 0 Å². The van der Waals surface area contributed by atoms with Crippen LogP contribution in [0.5, 0.6) is 0 Å². The van der Waals surface area contributed by atoms with Crippen LogP contribution in [0.2, 0.25) is 0 Å². The quantitative estimate of drug-likeness (QED) is 0.458. The van der Waals surface area contributed by atoms with Gasteiger partial charge in [0.25, 0.3) is 0 Å². The van der Waals surface area contributed by atoms with Gasteiger partial charge in [-0.1, -0.05) is 39.5 Å². The number of hydrogen-bond acceptors (Lipinski definition) is 2. The molecule has 1 aliphatic rings. The maximum absolute atomic E-state index is 4.54. The second-order valence-electron chi connectivity index (χ2n) is 4.90. The van der Waals surface area contributed by atoms with Crippen LogP contribution in [0.3, 0.4) is 0 Å². The van der Waals surface area contributed by atoms with Gasteiger partial charge in [0, 0.05) is 0 Å². The van der Waals surface area contributed by atoms with Crippen LogP contribution in [0, 0.1) is 0 Å². The Bertz CT molecular complexity index is 213. The second kappa shape index (κ2) is 7.64. The Balaban J connectivity index is 2.17. The van der Waals surface area contributed by atoms with Gasteiger partial charge in [-0.15, -0.1) is 0 Å². The van der Waals surface area contributed by atoms with Crippen LogP contribution in [-0.4, -0.2) is 35.9 Å². The average Bonchev–Trinajstić information content (AvgIpc) is 2.70. The molecule has 0 fully saturated rings. The fourth-order valence-electron chi connectivity index (χ4n) is 2.34. The second-order valence-corrected chi connectivity index (χ2v) is 4.90. The van der Waals surface area contributed by atoms with E-state index in [9.17, 15) is 0 Å². The molecule has 1 atom stereocenters. The summed E-state index contributed by atoms with van der Waals surface area (Å²) in [4.78, 5) is 0. The number of unbranched alkanes of at least 4 members (excludes halogenated alkanes) is 4. The van der Waals surface area contributed by atoms with Gasteiger partial charge in [0.15, 0.2) is 0 Å². The minimum Gasteiger partial charge on any atom is -0.168 e. The van der Waals surface area contributed by atoms with E-state index in [0.717, 1.165) is 13.1 Å². The van der Waals surface area contributed by atoms with Crippen molar-refractivity contribution < 1.29 is 4.70 Å². The van der Waals surface area contributed by atoms with Crippen LogP contribution in [0.25, 0.3) is 0 Å². The first-order chi connectivity index (χ1) is 7.77. The van der Waals surface area contributed by atoms with Crippen molar-refractivity contribution in [3.8, 4) is 0 Å². The van der Waals surface area contributed by atoms with Crippen LogP contribution in [0.4, 0.5) is 0 Å². The SMILES string of the molecule is CCCCCCCC(CC)N1CC[N+](C)=N1. The highest BCUT2D eigenvalue weighted by Gasteiger charge is 2.26. The number of rotatable bonds is 8. The Morgan fingerprint density at radius 1 is 1.19 bits per heavy atom. The summed E-state index contributed by atoms with van der Waals surface area (Å²) < 4.78 is 2.06. The lowest BCUT2D eigenvalue weighted by atomic mass is 10.0. The molecule has 0 aromatic carbocycles. The van der Waals surface area contributed by atoms with Crippen molar-refractivity contribution >= 4 is 0 Å². The van der Waals surface area contributed by atoms with Crippen LogP contribution in [0.1, 0.15) is 58.8 Å². The van der Waals surface area contributed by atoms with Gasteiger partial charge in [0.05, 0.1) is 12.3 Å². The van der Waals surface area contributed by atoms with Crippen LogP contribution in [-0.2, 0) is 0 Å². The first kappa shape index (κ1) is 13.5. The highest BCUT2D eigenvalue weighted by molar-refractivity contribution is 4.67. The zero-order chi connectivity index (χ0) is 11.8. The highest BCUT2D eigenvalue weighted by atomic mass is 15.6. The van der Waals surface area contributed by atoms with E-state index in [2.05, 4.69) is 35.8 Å². The Morgan fingerprint density at radius 2 is 1.94 bits per heavy atom. The molecule has 0 bridgehead atoms. The van der Waals surface area contributed by atoms with E-state index in [1.165, 1.54) is 44.9 Å². The first-order valence-corrected chi connectivity index (χ1v) is 6.97. The van der Waals surface area contributed by atoms with Crippen LogP contribution in [0.15, 0.2) is 5.22 Å². The standard InChI is InChI=1S/C13H28N3/c1-4-6-7-8-9-10-13(5-2)16-12-11-15(3)14-16/h13H,4-12H2,1-3H3/q+1. The molecule has 16 heavy (non-hydrogen) atoms. The molecule has 0 N–H and O–H groups in total. The molecule has 0 radical (unpaired) electrons. The maximum Gasteiger partial charge on any atom is 0.147 e. The molecule has 0 spiro atoms. The molecule has 94 valence electrons. The molecular formula is C13H28N3+. The lowest BCUT2D eigenvalue weighted by Crippen LogP contribution is -2.29. The highest BCUT2D eigenvalue weighted by Crippen LogP contribution is 2.16. The van der Waals surface area contributed by atoms with E-state index in [1.54, 1.807) is 0 Å². The number of likely N-dealkylation sites (N-methyl/N-ethyl adjacent to an activating group) is 1. The van der Waals surface area contributed by atoms with Gasteiger partial charge < -0.3 is 0 Å². The van der Waals surface area contributed by atoms with Gasteiger partial charge in [-0.05, 0) is 19.3 Å². The number of nitrogens with zero attached hydrogens (tertiary/aromatic N) is 3. The third-order valence-electron chi connectivity index (χ3n) is 3.45. The van der Waals surface area contributed by atoms with Crippen molar-refractivity contribution in [1.29, 1.82) is 0 Å². The minimum absolute atomic E-state index is 0.673. The largest absolute Gasteiger partial charge is 0.168 e. The molecule has 1 aliphatic heterocycles. The van der Waals surface area contributed by atoms with Gasteiger partial charge in [-0.2, -0.15) is 9.71 Å². The summed E-state index contributed by atoms with van der Waals surface area (Å²) in [6.07, 6.45) is 9.45. The molecular weight excluding hydrogens is 198 g/mol. The van der Waals surface area contributed by atoms with E-state index < -0.39 is 0 Å². The average molecular weight is 226 g/mol. The topological polar surface area (TPSA) is 18.6 Å². The van der Waals surface area contributed by atoms with Crippen molar-refractivity contribution in [2.24, 2.45) is 5.22 Å². The van der Waals surface area contributed by atoms with Gasteiger partial charge in [-0.25, -0.2) is 0 Å². The zero-order valence-corrected chi connectivity index (χ0v) is 11.3. The van der Waals surface area contributed by atoms with Gasteiger partial charge in [0.1, 0.15) is 19.1 Å². The van der Waals surface area contributed by atoms with Crippen molar-refractivity contribution in [1.82, 2.24) is 5.01 Å². The van der Waals surface area contributed by atoms with E-state index in [4.69, 9.17) is 0 Å². The lowest BCUT2D eigenvalue weighted by Gasteiger charge is -2.16. The summed E-state index contributed by atoms with van der Waals surface area (Å²) in [6.45, 7) is 6.76. The molecule has 0 saturated carbocycles. The molecule has 0 aliphatic carbocycles. The zero-order valence-electron chi connectivity index (χ0n) is 11.3. The summed E-state index contributed by atoms with van der Waals surface area (Å²) in [7, 11) is 2.06. The molecule has 1 unspecified atom stereocenters. The van der Waals surface area contributed by atoms with Crippen LogP contribution < -0.4 is 0 Å². The van der Waals surface area contributed by atoms with Gasteiger partial charge in [-0.3, -0.25) is 0 Å². The fourth-order valence-corrected chi connectivity index (χ4v) is 2.34. The van der Waals surface area contributed by atoms with Crippen molar-refractivity contribution in [2.45, 2.75) is 64.8 Å². The van der Waals surface area contributed by atoms with E-state index >= 15 is 0 Å². The van der Waals surface area contributed by atoms with Crippen molar-refractivity contribution in [2.75, 3.05) is 20.1 Å². The Labute approximate surface area is 100 Å². The third-order valence-corrected chi connectivity index (χ3v) is 3.45. The van der Waals surface area contributed by atoms with E-state index in [0.29, 0.717) is 6.04 Å². The van der Waals surface area contributed by atoms with Crippen molar-refractivity contribution in [3.05, 3.63) is 0 Å². The lowest BCUT2D eigenvalue weighted by molar-refractivity contribution is -0.555. The normalized spacial score (nSPS) is 17.7. The molecule has 0 saturated heterocycles. The summed E-state index contributed by atoms with van der Waals surface area (Å²) in [5.74, 6) is 0. The van der Waals surface area contributed by atoms with Crippen LogP contribution >= 0.6 is 0 Å². The third kappa shape index (κ3) is 4.50.